The Bertz CT molecular complexity index is 314. The second-order valence-electron chi connectivity index (χ2n) is 3.40. The average Bonchev–Trinajstić information content (AvgIpc) is 2.12. The molecule has 0 aliphatic carbocycles. The van der Waals surface area contributed by atoms with E-state index in [0.29, 0.717) is 6.54 Å². The number of nitrogens with two attached hydrogens (primary N) is 2. The van der Waals surface area contributed by atoms with Crippen LogP contribution in [0.1, 0.15) is 17.5 Å². The third-order valence-corrected chi connectivity index (χ3v) is 2.00. The van der Waals surface area contributed by atoms with Crippen LogP contribution in [-0.4, -0.2) is 12.5 Å². The summed E-state index contributed by atoms with van der Waals surface area (Å²) in [5.74, 6) is 0.175. The van der Waals surface area contributed by atoms with Gasteiger partial charge in [-0.15, -0.1) is 0 Å². The molecule has 0 saturated carbocycles. The first-order valence-electron chi connectivity index (χ1n) is 4.79. The zero-order valence-corrected chi connectivity index (χ0v) is 8.53. The van der Waals surface area contributed by atoms with Crippen LogP contribution in [0.3, 0.4) is 0 Å². The molecule has 0 heterocycles. The van der Waals surface area contributed by atoms with Gasteiger partial charge < -0.3 is 11.5 Å². The first-order chi connectivity index (χ1) is 6.68. The fourth-order valence-electron chi connectivity index (χ4n) is 1.36. The van der Waals surface area contributed by atoms with E-state index in [1.807, 2.05) is 0 Å². The van der Waals surface area contributed by atoms with Gasteiger partial charge in [-0.1, -0.05) is 29.8 Å². The summed E-state index contributed by atoms with van der Waals surface area (Å²) >= 11 is 0. The zero-order valence-electron chi connectivity index (χ0n) is 8.53. The molecule has 1 aromatic carbocycles. The lowest BCUT2D eigenvalue weighted by atomic mass is 10.1. The van der Waals surface area contributed by atoms with Crippen molar-refractivity contribution in [3.63, 3.8) is 0 Å². The van der Waals surface area contributed by atoms with Crippen LogP contribution < -0.4 is 11.5 Å². The summed E-state index contributed by atoms with van der Waals surface area (Å²) in [7, 11) is 0. The van der Waals surface area contributed by atoms with Crippen molar-refractivity contribution in [2.75, 3.05) is 6.54 Å². The molecule has 0 bridgehead atoms. The number of nitrogens with zero attached hydrogens (tertiary/aromatic N) is 1. The molecule has 3 heteroatoms. The number of guanidine groups is 1. The molecule has 0 radical (unpaired) electrons. The molecule has 0 aliphatic rings. The van der Waals surface area contributed by atoms with Crippen molar-refractivity contribution >= 4 is 5.96 Å². The summed E-state index contributed by atoms with van der Waals surface area (Å²) in [6, 6.07) is 8.49. The molecular weight excluding hydrogens is 174 g/mol. The van der Waals surface area contributed by atoms with Crippen molar-refractivity contribution in [3.05, 3.63) is 35.4 Å². The molecule has 14 heavy (non-hydrogen) atoms. The summed E-state index contributed by atoms with van der Waals surface area (Å²) in [6.45, 7) is 2.80. The van der Waals surface area contributed by atoms with Gasteiger partial charge >= 0.3 is 0 Å². The molecule has 1 rings (SSSR count). The smallest absolute Gasteiger partial charge is 0.185 e. The van der Waals surface area contributed by atoms with Gasteiger partial charge in [-0.3, -0.25) is 4.99 Å². The standard InChI is InChI=1S/C11H17N3/c1-9-4-2-5-10(8-9)6-3-7-14-11(12)13/h2,4-5,8H,3,6-7H2,1H3,(H4,12,13,14). The first-order valence-corrected chi connectivity index (χ1v) is 4.79. The van der Waals surface area contributed by atoms with Crippen LogP contribution in [-0.2, 0) is 6.42 Å². The largest absolute Gasteiger partial charge is 0.370 e. The maximum atomic E-state index is 5.22. The lowest BCUT2D eigenvalue weighted by Crippen LogP contribution is -2.23. The van der Waals surface area contributed by atoms with E-state index in [4.69, 9.17) is 11.5 Å². The van der Waals surface area contributed by atoms with Gasteiger partial charge in [-0.25, -0.2) is 0 Å². The molecule has 3 nitrogen and oxygen atoms in total. The lowest BCUT2D eigenvalue weighted by Gasteiger charge is -2.00. The normalized spacial score (nSPS) is 9.79. The monoisotopic (exact) mass is 191 g/mol. The van der Waals surface area contributed by atoms with Gasteiger partial charge in [0.1, 0.15) is 0 Å². The Labute approximate surface area is 84.8 Å². The fraction of sp³-hybridized carbons (Fsp3) is 0.364. The van der Waals surface area contributed by atoms with Crippen molar-refractivity contribution in [2.45, 2.75) is 19.8 Å². The molecular formula is C11H17N3. The minimum absolute atomic E-state index is 0.175. The Morgan fingerprint density at radius 1 is 1.36 bits per heavy atom. The van der Waals surface area contributed by atoms with Crippen molar-refractivity contribution in [1.82, 2.24) is 0 Å². The van der Waals surface area contributed by atoms with Gasteiger partial charge in [0.05, 0.1) is 0 Å². The Hall–Kier alpha value is -1.51. The van der Waals surface area contributed by atoms with Crippen LogP contribution in [0, 0.1) is 6.92 Å². The van der Waals surface area contributed by atoms with Crippen LogP contribution in [0.15, 0.2) is 29.3 Å². The topological polar surface area (TPSA) is 64.4 Å². The summed E-state index contributed by atoms with van der Waals surface area (Å²) in [5, 5.41) is 0. The number of aryl methyl sites for hydroxylation is 2. The highest BCUT2D eigenvalue weighted by atomic mass is 15.0. The van der Waals surface area contributed by atoms with Crippen LogP contribution in [0.2, 0.25) is 0 Å². The summed E-state index contributed by atoms with van der Waals surface area (Å²) in [4.78, 5) is 3.93. The predicted octanol–water partition coefficient (Wildman–Crippen LogP) is 1.20. The van der Waals surface area contributed by atoms with Gasteiger partial charge in [-0.05, 0) is 25.3 Å². The molecule has 1 aromatic rings. The molecule has 0 aliphatic heterocycles. The van der Waals surface area contributed by atoms with Crippen LogP contribution in [0.25, 0.3) is 0 Å². The number of aliphatic imine (C=N–C) groups is 1. The fourth-order valence-corrected chi connectivity index (χ4v) is 1.36. The summed E-state index contributed by atoms with van der Waals surface area (Å²) < 4.78 is 0. The van der Waals surface area contributed by atoms with E-state index < -0.39 is 0 Å². The van der Waals surface area contributed by atoms with Crippen molar-refractivity contribution in [1.29, 1.82) is 0 Å². The average molecular weight is 191 g/mol. The van der Waals surface area contributed by atoms with E-state index in [1.54, 1.807) is 0 Å². The van der Waals surface area contributed by atoms with Gasteiger partial charge in [0.2, 0.25) is 0 Å². The van der Waals surface area contributed by atoms with Crippen LogP contribution in [0.5, 0.6) is 0 Å². The van der Waals surface area contributed by atoms with Crippen molar-refractivity contribution in [2.24, 2.45) is 16.5 Å². The third kappa shape index (κ3) is 3.94. The van der Waals surface area contributed by atoms with Gasteiger partial charge in [0.15, 0.2) is 5.96 Å². The van der Waals surface area contributed by atoms with Gasteiger partial charge in [0.25, 0.3) is 0 Å². The third-order valence-electron chi connectivity index (χ3n) is 2.00. The Kier molecular flexibility index (Phi) is 3.98. The number of rotatable bonds is 4. The quantitative estimate of drug-likeness (QED) is 0.426. The molecule has 0 spiro atoms. The van der Waals surface area contributed by atoms with E-state index in [0.717, 1.165) is 12.8 Å². The maximum Gasteiger partial charge on any atom is 0.185 e. The minimum Gasteiger partial charge on any atom is -0.370 e. The Balaban J connectivity index is 2.35. The SMILES string of the molecule is Cc1cccc(CCCN=C(N)N)c1. The van der Waals surface area contributed by atoms with E-state index in [2.05, 4.69) is 36.2 Å². The second kappa shape index (κ2) is 5.27. The van der Waals surface area contributed by atoms with Crippen LogP contribution in [0.4, 0.5) is 0 Å². The summed E-state index contributed by atoms with van der Waals surface area (Å²) in [5.41, 5.74) is 13.1. The number of benzene rings is 1. The Morgan fingerprint density at radius 2 is 2.14 bits per heavy atom. The van der Waals surface area contributed by atoms with E-state index in [9.17, 15) is 0 Å². The second-order valence-corrected chi connectivity index (χ2v) is 3.40. The maximum absolute atomic E-state index is 5.22. The Morgan fingerprint density at radius 3 is 2.79 bits per heavy atom. The van der Waals surface area contributed by atoms with Crippen molar-refractivity contribution < 1.29 is 0 Å². The van der Waals surface area contributed by atoms with Crippen LogP contribution >= 0.6 is 0 Å². The summed E-state index contributed by atoms with van der Waals surface area (Å²) in [6.07, 6.45) is 2.01. The van der Waals surface area contributed by atoms with E-state index in [-0.39, 0.29) is 5.96 Å². The molecule has 0 saturated heterocycles. The molecule has 0 amide bonds. The molecule has 4 N–H and O–H groups in total. The van der Waals surface area contributed by atoms with Gasteiger partial charge in [-0.2, -0.15) is 0 Å². The minimum atomic E-state index is 0.175. The predicted molar refractivity (Wildman–Crippen MR) is 60.2 cm³/mol. The highest BCUT2D eigenvalue weighted by molar-refractivity contribution is 5.75. The molecule has 0 atom stereocenters. The molecule has 0 fully saturated rings. The zero-order chi connectivity index (χ0) is 10.4. The number of hydrogen-bond acceptors (Lipinski definition) is 1. The van der Waals surface area contributed by atoms with Gasteiger partial charge in [0, 0.05) is 6.54 Å². The van der Waals surface area contributed by atoms with Crippen molar-refractivity contribution in [3.8, 4) is 0 Å². The lowest BCUT2D eigenvalue weighted by molar-refractivity contribution is 0.830. The number of hydrogen-bond donors (Lipinski definition) is 2. The molecule has 0 aromatic heterocycles. The molecule has 0 unspecified atom stereocenters. The van der Waals surface area contributed by atoms with E-state index >= 15 is 0 Å². The van der Waals surface area contributed by atoms with E-state index in [1.165, 1.54) is 11.1 Å². The molecule has 76 valence electrons. The highest BCUT2D eigenvalue weighted by Crippen LogP contribution is 2.06. The first kappa shape index (κ1) is 10.6. The highest BCUT2D eigenvalue weighted by Gasteiger charge is 1.92.